The molecule has 0 aliphatic carbocycles. The number of amides is 1. The number of aryl methyl sites for hydroxylation is 3. The molecule has 1 amide bonds. The lowest BCUT2D eigenvalue weighted by Gasteiger charge is -2.12. The van der Waals surface area contributed by atoms with Crippen LogP contribution in [0.3, 0.4) is 0 Å². The molecule has 2 aromatic heterocycles. The molecule has 1 N–H and O–H groups in total. The fraction of sp³-hybridized carbons (Fsp3) is 0.278. The second-order valence-corrected chi connectivity index (χ2v) is 5.73. The summed E-state index contributed by atoms with van der Waals surface area (Å²) in [4.78, 5) is 12.3. The van der Waals surface area contributed by atoms with Crippen LogP contribution < -0.4 is 5.32 Å². The topological polar surface area (TPSA) is 64.7 Å². The Bertz CT molecular complexity index is 862. The van der Waals surface area contributed by atoms with Crippen LogP contribution in [0.5, 0.6) is 0 Å². The van der Waals surface area contributed by atoms with E-state index in [9.17, 15) is 4.79 Å². The quantitative estimate of drug-likeness (QED) is 0.785. The molecule has 0 saturated heterocycles. The fourth-order valence-electron chi connectivity index (χ4n) is 2.67. The number of rotatable bonds is 5. The average Bonchev–Trinajstić information content (AvgIpc) is 3.19. The maximum atomic E-state index is 12.3. The van der Waals surface area contributed by atoms with Gasteiger partial charge in [-0.25, -0.2) is 4.68 Å². The highest BCUT2D eigenvalue weighted by Gasteiger charge is 2.11. The summed E-state index contributed by atoms with van der Waals surface area (Å²) < 4.78 is 3.64. The van der Waals surface area contributed by atoms with Crippen LogP contribution in [0.1, 0.15) is 34.2 Å². The van der Waals surface area contributed by atoms with Crippen molar-refractivity contribution in [3.63, 3.8) is 0 Å². The standard InChI is InChI=1S/C18H21N5O/c1-4-22-12-16(11-20-22)18(24)19-10-15-7-5-6-8-17(15)23-14(3)9-13(2)21-23/h5-9,11-12H,4,10H2,1-3H3,(H,19,24). The SMILES string of the molecule is CCn1cc(C(=O)NCc2ccccc2-n2nc(C)cc2C)cn1. The Morgan fingerprint density at radius 2 is 2.04 bits per heavy atom. The average molecular weight is 323 g/mol. The van der Waals surface area contributed by atoms with E-state index < -0.39 is 0 Å². The molecule has 0 saturated carbocycles. The van der Waals surface area contributed by atoms with Gasteiger partial charge in [-0.15, -0.1) is 0 Å². The highest BCUT2D eigenvalue weighted by Crippen LogP contribution is 2.17. The van der Waals surface area contributed by atoms with Gasteiger partial charge in [-0.3, -0.25) is 9.48 Å². The van der Waals surface area contributed by atoms with E-state index in [-0.39, 0.29) is 5.91 Å². The molecule has 0 bridgehead atoms. The van der Waals surface area contributed by atoms with E-state index in [1.54, 1.807) is 17.1 Å². The van der Waals surface area contributed by atoms with E-state index in [1.807, 2.05) is 55.8 Å². The van der Waals surface area contributed by atoms with Crippen molar-refractivity contribution in [2.45, 2.75) is 33.9 Å². The number of hydrogen-bond donors (Lipinski definition) is 1. The van der Waals surface area contributed by atoms with Gasteiger partial charge in [0.15, 0.2) is 0 Å². The van der Waals surface area contributed by atoms with Crippen LogP contribution in [0.2, 0.25) is 0 Å². The lowest BCUT2D eigenvalue weighted by atomic mass is 10.1. The van der Waals surface area contributed by atoms with Crippen molar-refractivity contribution >= 4 is 5.91 Å². The molecule has 0 unspecified atom stereocenters. The number of aromatic nitrogens is 4. The van der Waals surface area contributed by atoms with Gasteiger partial charge in [0.05, 0.1) is 23.1 Å². The van der Waals surface area contributed by atoms with Crippen molar-refractivity contribution in [1.82, 2.24) is 24.9 Å². The normalized spacial score (nSPS) is 10.8. The Morgan fingerprint density at radius 1 is 1.25 bits per heavy atom. The molecule has 0 atom stereocenters. The zero-order chi connectivity index (χ0) is 17.1. The van der Waals surface area contributed by atoms with Gasteiger partial charge in [0.1, 0.15) is 0 Å². The summed E-state index contributed by atoms with van der Waals surface area (Å²) in [5.74, 6) is -0.127. The zero-order valence-electron chi connectivity index (χ0n) is 14.2. The number of hydrogen-bond acceptors (Lipinski definition) is 3. The number of nitrogens with zero attached hydrogens (tertiary/aromatic N) is 4. The predicted octanol–water partition coefficient (Wildman–Crippen LogP) is 2.64. The first-order valence-electron chi connectivity index (χ1n) is 8.00. The van der Waals surface area contributed by atoms with Gasteiger partial charge in [-0.05, 0) is 38.5 Å². The zero-order valence-corrected chi connectivity index (χ0v) is 14.2. The van der Waals surface area contributed by atoms with E-state index in [0.717, 1.165) is 29.2 Å². The Hall–Kier alpha value is -2.89. The van der Waals surface area contributed by atoms with Gasteiger partial charge in [0, 0.05) is 25.0 Å². The van der Waals surface area contributed by atoms with Gasteiger partial charge in [0.25, 0.3) is 5.91 Å². The van der Waals surface area contributed by atoms with Gasteiger partial charge < -0.3 is 5.32 Å². The second kappa shape index (κ2) is 6.70. The highest BCUT2D eigenvalue weighted by atomic mass is 16.1. The van der Waals surface area contributed by atoms with E-state index in [4.69, 9.17) is 0 Å². The molecule has 2 heterocycles. The summed E-state index contributed by atoms with van der Waals surface area (Å²) in [7, 11) is 0. The van der Waals surface area contributed by atoms with Crippen LogP contribution in [-0.2, 0) is 13.1 Å². The molecule has 0 aliphatic rings. The highest BCUT2D eigenvalue weighted by molar-refractivity contribution is 5.93. The number of carbonyl (C=O) groups excluding carboxylic acids is 1. The largest absolute Gasteiger partial charge is 0.348 e. The molecule has 3 rings (SSSR count). The van der Waals surface area contributed by atoms with Crippen LogP contribution in [-0.4, -0.2) is 25.5 Å². The van der Waals surface area contributed by atoms with Crippen molar-refractivity contribution in [1.29, 1.82) is 0 Å². The maximum Gasteiger partial charge on any atom is 0.254 e. The molecule has 6 nitrogen and oxygen atoms in total. The van der Waals surface area contributed by atoms with E-state index in [1.165, 1.54) is 0 Å². The lowest BCUT2D eigenvalue weighted by Crippen LogP contribution is -2.23. The number of nitrogens with one attached hydrogen (secondary N) is 1. The smallest absolute Gasteiger partial charge is 0.254 e. The first-order valence-corrected chi connectivity index (χ1v) is 8.00. The number of benzene rings is 1. The second-order valence-electron chi connectivity index (χ2n) is 5.73. The van der Waals surface area contributed by atoms with Crippen LogP contribution in [0, 0.1) is 13.8 Å². The summed E-state index contributed by atoms with van der Waals surface area (Å²) in [6, 6.07) is 9.99. The Kier molecular flexibility index (Phi) is 4.46. The van der Waals surface area contributed by atoms with Gasteiger partial charge in [-0.2, -0.15) is 10.2 Å². The Labute approximate surface area is 141 Å². The summed E-state index contributed by atoms with van der Waals surface area (Å²) in [5, 5.41) is 11.6. The molecular weight excluding hydrogens is 302 g/mol. The molecule has 0 radical (unpaired) electrons. The minimum absolute atomic E-state index is 0.127. The van der Waals surface area contributed by atoms with E-state index in [2.05, 4.69) is 15.5 Å². The summed E-state index contributed by atoms with van der Waals surface area (Å²) >= 11 is 0. The van der Waals surface area contributed by atoms with Gasteiger partial charge in [0.2, 0.25) is 0 Å². The van der Waals surface area contributed by atoms with Crippen LogP contribution in [0.4, 0.5) is 0 Å². The lowest BCUT2D eigenvalue weighted by molar-refractivity contribution is 0.0951. The van der Waals surface area contributed by atoms with Crippen molar-refractivity contribution in [3.05, 3.63) is 65.2 Å². The molecule has 6 heteroatoms. The van der Waals surface area contributed by atoms with Gasteiger partial charge in [-0.1, -0.05) is 18.2 Å². The molecule has 0 aliphatic heterocycles. The molecule has 124 valence electrons. The Morgan fingerprint density at radius 3 is 2.71 bits per heavy atom. The van der Waals surface area contributed by atoms with Crippen molar-refractivity contribution in [2.24, 2.45) is 0 Å². The minimum atomic E-state index is -0.127. The third kappa shape index (κ3) is 3.22. The fourth-order valence-corrected chi connectivity index (χ4v) is 2.67. The van der Waals surface area contributed by atoms with E-state index in [0.29, 0.717) is 12.1 Å². The monoisotopic (exact) mass is 323 g/mol. The van der Waals surface area contributed by atoms with Crippen LogP contribution >= 0.6 is 0 Å². The summed E-state index contributed by atoms with van der Waals surface area (Å²) in [5.41, 5.74) is 4.60. The maximum absolute atomic E-state index is 12.3. The molecule has 3 aromatic rings. The van der Waals surface area contributed by atoms with Gasteiger partial charge >= 0.3 is 0 Å². The predicted molar refractivity (Wildman–Crippen MR) is 92.1 cm³/mol. The third-order valence-corrected chi connectivity index (χ3v) is 3.89. The molecular formula is C18H21N5O. The molecule has 24 heavy (non-hydrogen) atoms. The first kappa shape index (κ1) is 16.0. The van der Waals surface area contributed by atoms with Crippen molar-refractivity contribution in [2.75, 3.05) is 0 Å². The first-order chi connectivity index (χ1) is 11.6. The van der Waals surface area contributed by atoms with Crippen molar-refractivity contribution in [3.8, 4) is 5.69 Å². The van der Waals surface area contributed by atoms with Crippen LogP contribution in [0.15, 0.2) is 42.7 Å². The molecule has 0 fully saturated rings. The van der Waals surface area contributed by atoms with Crippen molar-refractivity contribution < 1.29 is 4.79 Å². The number of para-hydroxylation sites is 1. The summed E-state index contributed by atoms with van der Waals surface area (Å²) in [6.45, 7) is 7.16. The van der Waals surface area contributed by atoms with E-state index >= 15 is 0 Å². The minimum Gasteiger partial charge on any atom is -0.348 e. The Balaban J connectivity index is 1.78. The van der Waals surface area contributed by atoms with Crippen LogP contribution in [0.25, 0.3) is 5.69 Å². The number of carbonyl (C=O) groups is 1. The summed E-state index contributed by atoms with van der Waals surface area (Å²) in [6.07, 6.45) is 3.34. The third-order valence-electron chi connectivity index (χ3n) is 3.89. The molecule has 0 spiro atoms. The molecule has 1 aromatic carbocycles.